The Morgan fingerprint density at radius 3 is 2.58 bits per heavy atom. The number of nitro groups is 1. The molecule has 0 atom stereocenters. The largest absolute Gasteiger partial charge is 0.454 e. The molecule has 0 N–H and O–H groups in total. The molecular weight excluding hydrogens is 256 g/mol. The highest BCUT2D eigenvalue weighted by Crippen LogP contribution is 2.29. The summed E-state index contributed by atoms with van der Waals surface area (Å²) < 4.78 is 31.5. The molecule has 0 aliphatic rings. The Kier molecular flexibility index (Phi) is 3.41. The molecule has 2 rings (SSSR count). The number of hydrogen-bond donors (Lipinski definition) is 0. The second-order valence-corrected chi connectivity index (χ2v) is 3.86. The number of ether oxygens (including phenoxy) is 1. The Morgan fingerprint density at radius 2 is 1.95 bits per heavy atom. The second kappa shape index (κ2) is 5.01. The van der Waals surface area contributed by atoms with Gasteiger partial charge in [0.15, 0.2) is 11.6 Å². The average molecular weight is 265 g/mol. The Bertz CT molecular complexity index is 644. The Morgan fingerprint density at radius 1 is 1.21 bits per heavy atom. The molecule has 0 fully saturated rings. The van der Waals surface area contributed by atoms with Gasteiger partial charge in [0.05, 0.1) is 4.92 Å². The van der Waals surface area contributed by atoms with E-state index in [1.807, 2.05) is 0 Å². The molecular formula is C13H9F2NO3. The van der Waals surface area contributed by atoms with Crippen LogP contribution in [0.25, 0.3) is 0 Å². The molecule has 0 saturated carbocycles. The highest BCUT2D eigenvalue weighted by molar-refractivity contribution is 5.45. The van der Waals surface area contributed by atoms with Gasteiger partial charge in [-0.25, -0.2) is 4.39 Å². The fourth-order valence-corrected chi connectivity index (χ4v) is 1.59. The summed E-state index contributed by atoms with van der Waals surface area (Å²) in [6, 6.07) is 7.53. The van der Waals surface area contributed by atoms with E-state index >= 15 is 0 Å². The minimum absolute atomic E-state index is 0.0629. The Hall–Kier alpha value is -2.50. The van der Waals surface area contributed by atoms with Gasteiger partial charge in [-0.2, -0.15) is 4.39 Å². The third-order valence-electron chi connectivity index (χ3n) is 2.51. The number of rotatable bonds is 3. The molecule has 0 unspecified atom stereocenters. The van der Waals surface area contributed by atoms with Gasteiger partial charge in [0.25, 0.3) is 5.69 Å². The van der Waals surface area contributed by atoms with E-state index in [4.69, 9.17) is 4.74 Å². The summed E-state index contributed by atoms with van der Waals surface area (Å²) in [6.07, 6.45) is 0. The molecule has 0 aromatic heterocycles. The van der Waals surface area contributed by atoms with Crippen LogP contribution in [-0.2, 0) is 0 Å². The molecule has 0 heterocycles. The topological polar surface area (TPSA) is 52.4 Å². The predicted molar refractivity (Wildman–Crippen MR) is 64.3 cm³/mol. The summed E-state index contributed by atoms with van der Waals surface area (Å²) in [5.41, 5.74) is 0.311. The van der Waals surface area contributed by atoms with Gasteiger partial charge in [-0.1, -0.05) is 6.07 Å². The van der Waals surface area contributed by atoms with Crippen molar-refractivity contribution in [3.05, 3.63) is 63.7 Å². The first-order valence-corrected chi connectivity index (χ1v) is 5.36. The van der Waals surface area contributed by atoms with Crippen LogP contribution in [0.5, 0.6) is 11.5 Å². The zero-order valence-corrected chi connectivity index (χ0v) is 9.89. The van der Waals surface area contributed by atoms with E-state index < -0.39 is 16.6 Å². The molecule has 2 aromatic rings. The normalized spacial score (nSPS) is 10.3. The van der Waals surface area contributed by atoms with Gasteiger partial charge >= 0.3 is 0 Å². The molecule has 0 amide bonds. The molecule has 0 spiro atoms. The number of nitro benzene ring substituents is 1. The summed E-state index contributed by atoms with van der Waals surface area (Å²) in [5, 5.41) is 10.6. The standard InChI is InChI=1S/C13H9F2NO3/c1-8-7-9(5-6-11(8)16(17)18)19-12-4-2-3-10(14)13(12)15/h2-7H,1H3. The molecule has 19 heavy (non-hydrogen) atoms. The predicted octanol–water partition coefficient (Wildman–Crippen LogP) is 3.97. The SMILES string of the molecule is Cc1cc(Oc2cccc(F)c2F)ccc1[N+](=O)[O-]. The summed E-state index contributed by atoms with van der Waals surface area (Å²) in [6.45, 7) is 1.53. The quantitative estimate of drug-likeness (QED) is 0.623. The first kappa shape index (κ1) is 12.9. The van der Waals surface area contributed by atoms with Crippen molar-refractivity contribution in [3.63, 3.8) is 0 Å². The van der Waals surface area contributed by atoms with Crippen LogP contribution in [0.3, 0.4) is 0 Å². The van der Waals surface area contributed by atoms with Gasteiger partial charge in [0, 0.05) is 11.6 Å². The van der Waals surface area contributed by atoms with Crippen LogP contribution in [0, 0.1) is 28.7 Å². The first-order chi connectivity index (χ1) is 8.99. The molecule has 0 aliphatic carbocycles. The third kappa shape index (κ3) is 2.67. The summed E-state index contributed by atoms with van der Waals surface area (Å²) in [7, 11) is 0. The van der Waals surface area contributed by atoms with Crippen molar-refractivity contribution in [2.24, 2.45) is 0 Å². The molecule has 2 aromatic carbocycles. The lowest BCUT2D eigenvalue weighted by molar-refractivity contribution is -0.385. The lowest BCUT2D eigenvalue weighted by Gasteiger charge is -2.07. The minimum Gasteiger partial charge on any atom is -0.454 e. The lowest BCUT2D eigenvalue weighted by Crippen LogP contribution is -1.94. The van der Waals surface area contributed by atoms with Crippen LogP contribution < -0.4 is 4.74 Å². The molecule has 0 bridgehead atoms. The van der Waals surface area contributed by atoms with E-state index in [0.717, 1.165) is 6.07 Å². The number of hydrogen-bond acceptors (Lipinski definition) is 3. The van der Waals surface area contributed by atoms with Gasteiger partial charge in [-0.05, 0) is 31.2 Å². The highest BCUT2D eigenvalue weighted by atomic mass is 19.2. The maximum atomic E-state index is 13.4. The van der Waals surface area contributed by atoms with Crippen molar-refractivity contribution in [1.29, 1.82) is 0 Å². The van der Waals surface area contributed by atoms with Crippen molar-refractivity contribution in [2.45, 2.75) is 6.92 Å². The van der Waals surface area contributed by atoms with Gasteiger partial charge in [0.2, 0.25) is 5.82 Å². The highest BCUT2D eigenvalue weighted by Gasteiger charge is 2.13. The van der Waals surface area contributed by atoms with Crippen molar-refractivity contribution < 1.29 is 18.4 Å². The monoisotopic (exact) mass is 265 g/mol. The zero-order chi connectivity index (χ0) is 14.0. The van der Waals surface area contributed by atoms with Crippen LogP contribution in [-0.4, -0.2) is 4.92 Å². The van der Waals surface area contributed by atoms with Crippen molar-refractivity contribution in [3.8, 4) is 11.5 Å². The molecule has 4 nitrogen and oxygen atoms in total. The Labute approximate surface area is 107 Å². The maximum absolute atomic E-state index is 13.4. The Balaban J connectivity index is 2.32. The van der Waals surface area contributed by atoms with E-state index in [2.05, 4.69) is 0 Å². The van der Waals surface area contributed by atoms with Gasteiger partial charge in [0.1, 0.15) is 5.75 Å². The van der Waals surface area contributed by atoms with Crippen LogP contribution >= 0.6 is 0 Å². The number of nitrogens with zero attached hydrogens (tertiary/aromatic N) is 1. The van der Waals surface area contributed by atoms with Crippen LogP contribution in [0.4, 0.5) is 14.5 Å². The zero-order valence-electron chi connectivity index (χ0n) is 9.89. The smallest absolute Gasteiger partial charge is 0.272 e. The molecule has 98 valence electrons. The number of halogens is 2. The molecule has 0 saturated heterocycles. The van der Waals surface area contributed by atoms with Gasteiger partial charge in [-0.3, -0.25) is 10.1 Å². The van der Waals surface area contributed by atoms with Crippen LogP contribution in [0.2, 0.25) is 0 Å². The van der Waals surface area contributed by atoms with Gasteiger partial charge < -0.3 is 4.74 Å². The fraction of sp³-hybridized carbons (Fsp3) is 0.0769. The third-order valence-corrected chi connectivity index (χ3v) is 2.51. The van der Waals surface area contributed by atoms with E-state index in [1.54, 1.807) is 0 Å². The maximum Gasteiger partial charge on any atom is 0.272 e. The second-order valence-electron chi connectivity index (χ2n) is 3.86. The molecule has 0 radical (unpaired) electrons. The van der Waals surface area contributed by atoms with E-state index in [-0.39, 0.29) is 17.2 Å². The van der Waals surface area contributed by atoms with E-state index in [0.29, 0.717) is 5.56 Å². The fourth-order valence-electron chi connectivity index (χ4n) is 1.59. The summed E-state index contributed by atoms with van der Waals surface area (Å²) in [5.74, 6) is -2.18. The number of benzene rings is 2. The summed E-state index contributed by atoms with van der Waals surface area (Å²) in [4.78, 5) is 10.1. The van der Waals surface area contributed by atoms with Crippen molar-refractivity contribution in [1.82, 2.24) is 0 Å². The van der Waals surface area contributed by atoms with Gasteiger partial charge in [-0.15, -0.1) is 0 Å². The summed E-state index contributed by atoms with van der Waals surface area (Å²) >= 11 is 0. The average Bonchev–Trinajstić information content (AvgIpc) is 2.34. The van der Waals surface area contributed by atoms with Crippen molar-refractivity contribution in [2.75, 3.05) is 0 Å². The molecule has 6 heteroatoms. The minimum atomic E-state index is -1.10. The van der Waals surface area contributed by atoms with Crippen molar-refractivity contribution >= 4 is 5.69 Å². The van der Waals surface area contributed by atoms with E-state index in [9.17, 15) is 18.9 Å². The van der Waals surface area contributed by atoms with Crippen LogP contribution in [0.1, 0.15) is 5.56 Å². The molecule has 0 aliphatic heterocycles. The van der Waals surface area contributed by atoms with Crippen LogP contribution in [0.15, 0.2) is 36.4 Å². The van der Waals surface area contributed by atoms with E-state index in [1.165, 1.54) is 37.3 Å². The first-order valence-electron chi connectivity index (χ1n) is 5.36. The lowest BCUT2D eigenvalue weighted by atomic mass is 10.2. The number of aryl methyl sites for hydroxylation is 1.